The second kappa shape index (κ2) is 3.14. The maximum absolute atomic E-state index is 11.7. The highest BCUT2D eigenvalue weighted by Gasteiger charge is 2.22. The number of hydrogen-bond acceptors (Lipinski definition) is 2. The first-order valence-corrected chi connectivity index (χ1v) is 4.73. The molecule has 1 aromatic rings. The quantitative estimate of drug-likeness (QED) is 0.712. The van der Waals surface area contributed by atoms with E-state index in [0.717, 1.165) is 0 Å². The van der Waals surface area contributed by atoms with E-state index in [-0.39, 0.29) is 22.5 Å². The van der Waals surface area contributed by atoms with Crippen molar-refractivity contribution in [2.75, 3.05) is 0 Å². The Balaban J connectivity index is 2.68. The molecule has 0 amide bonds. The van der Waals surface area contributed by atoms with E-state index < -0.39 is 0 Å². The van der Waals surface area contributed by atoms with E-state index in [1.165, 1.54) is 6.07 Å². The Morgan fingerprint density at radius 3 is 2.86 bits per heavy atom. The van der Waals surface area contributed by atoms with Crippen LogP contribution in [0.5, 0.6) is 5.75 Å². The van der Waals surface area contributed by atoms with Gasteiger partial charge in [-0.15, -0.1) is 0 Å². The number of allylic oxidation sites excluding steroid dienone is 1. The van der Waals surface area contributed by atoms with Gasteiger partial charge in [0.15, 0.2) is 5.78 Å². The van der Waals surface area contributed by atoms with Gasteiger partial charge < -0.3 is 5.11 Å². The molecule has 0 saturated heterocycles. The van der Waals surface area contributed by atoms with Crippen molar-refractivity contribution in [2.24, 2.45) is 5.92 Å². The molecule has 0 aliphatic heterocycles. The van der Waals surface area contributed by atoms with Gasteiger partial charge in [0.25, 0.3) is 0 Å². The van der Waals surface area contributed by atoms with Crippen LogP contribution in [0.1, 0.15) is 22.8 Å². The number of fused-ring (bicyclic) bond motifs is 1. The Labute approximate surface area is 86.8 Å². The fourth-order valence-corrected chi connectivity index (χ4v) is 1.76. The minimum absolute atomic E-state index is 0.0115. The fraction of sp³-hybridized carbons (Fsp3) is 0.182. The molecule has 72 valence electrons. The summed E-state index contributed by atoms with van der Waals surface area (Å²) < 4.78 is 0. The Morgan fingerprint density at radius 2 is 2.14 bits per heavy atom. The molecule has 3 heteroatoms. The van der Waals surface area contributed by atoms with Crippen LogP contribution in [0.4, 0.5) is 0 Å². The molecule has 0 radical (unpaired) electrons. The standard InChI is InChI=1S/C11H9ClO2/c1-6-2-3-7-8(11(6)14)4-5-9(13)10(7)12/h2-6,13H,1H3. The minimum Gasteiger partial charge on any atom is -0.506 e. The molecule has 2 rings (SSSR count). The fourth-order valence-electron chi connectivity index (χ4n) is 1.53. The van der Waals surface area contributed by atoms with Gasteiger partial charge in [0.1, 0.15) is 5.75 Å². The van der Waals surface area contributed by atoms with Crippen LogP contribution in [0, 0.1) is 5.92 Å². The first-order valence-electron chi connectivity index (χ1n) is 4.35. The maximum Gasteiger partial charge on any atom is 0.170 e. The molecule has 1 aromatic carbocycles. The predicted molar refractivity (Wildman–Crippen MR) is 55.6 cm³/mol. The Kier molecular flexibility index (Phi) is 2.08. The van der Waals surface area contributed by atoms with E-state index in [9.17, 15) is 9.90 Å². The number of halogens is 1. The largest absolute Gasteiger partial charge is 0.506 e. The summed E-state index contributed by atoms with van der Waals surface area (Å²) in [6.07, 6.45) is 3.57. The second-order valence-electron chi connectivity index (χ2n) is 3.37. The minimum atomic E-state index is -0.108. The van der Waals surface area contributed by atoms with Crippen LogP contribution in [0.25, 0.3) is 6.08 Å². The molecule has 14 heavy (non-hydrogen) atoms. The van der Waals surface area contributed by atoms with E-state index in [4.69, 9.17) is 11.6 Å². The third-order valence-corrected chi connectivity index (χ3v) is 2.79. The zero-order chi connectivity index (χ0) is 10.3. The smallest absolute Gasteiger partial charge is 0.170 e. The number of benzene rings is 1. The lowest BCUT2D eigenvalue weighted by Crippen LogP contribution is -2.14. The maximum atomic E-state index is 11.7. The molecule has 0 bridgehead atoms. The predicted octanol–water partition coefficient (Wildman–Crippen LogP) is 2.89. The molecule has 0 heterocycles. The average Bonchev–Trinajstić information content (AvgIpc) is 2.17. The summed E-state index contributed by atoms with van der Waals surface area (Å²) in [7, 11) is 0. The molecular weight excluding hydrogens is 200 g/mol. The summed E-state index contributed by atoms with van der Waals surface area (Å²) in [5.41, 5.74) is 1.21. The van der Waals surface area contributed by atoms with Crippen LogP contribution in [0.2, 0.25) is 5.02 Å². The average molecular weight is 209 g/mol. The number of aromatic hydroxyl groups is 1. The summed E-state index contributed by atoms with van der Waals surface area (Å²) in [6.45, 7) is 1.84. The summed E-state index contributed by atoms with van der Waals surface area (Å²) >= 11 is 5.87. The number of ketones is 1. The topological polar surface area (TPSA) is 37.3 Å². The normalized spacial score (nSPS) is 19.6. The van der Waals surface area contributed by atoms with Gasteiger partial charge in [0.05, 0.1) is 5.02 Å². The first-order chi connectivity index (χ1) is 6.61. The summed E-state index contributed by atoms with van der Waals surface area (Å²) in [4.78, 5) is 11.7. The van der Waals surface area contributed by atoms with Gasteiger partial charge in [-0.3, -0.25) is 4.79 Å². The van der Waals surface area contributed by atoms with Crippen LogP contribution in [0.3, 0.4) is 0 Å². The highest BCUT2D eigenvalue weighted by molar-refractivity contribution is 6.34. The molecule has 1 unspecified atom stereocenters. The van der Waals surface area contributed by atoms with Crippen molar-refractivity contribution < 1.29 is 9.90 Å². The summed E-state index contributed by atoms with van der Waals surface area (Å²) in [5, 5.41) is 9.60. The number of Topliss-reactive ketones (excluding diaryl/α,β-unsaturated/α-hetero) is 1. The highest BCUT2D eigenvalue weighted by Crippen LogP contribution is 2.34. The van der Waals surface area contributed by atoms with E-state index in [1.807, 2.05) is 6.92 Å². The van der Waals surface area contributed by atoms with Crippen LogP contribution in [-0.4, -0.2) is 10.9 Å². The Hall–Kier alpha value is -1.28. The van der Waals surface area contributed by atoms with E-state index >= 15 is 0 Å². The van der Waals surface area contributed by atoms with Gasteiger partial charge in [-0.2, -0.15) is 0 Å². The van der Waals surface area contributed by atoms with Crippen molar-refractivity contribution in [1.29, 1.82) is 0 Å². The Bertz CT molecular complexity index is 435. The van der Waals surface area contributed by atoms with Crippen molar-refractivity contribution in [2.45, 2.75) is 6.92 Å². The summed E-state index contributed by atoms with van der Waals surface area (Å²) in [5.74, 6) is -0.0510. The second-order valence-corrected chi connectivity index (χ2v) is 3.75. The lowest BCUT2D eigenvalue weighted by atomic mass is 9.89. The van der Waals surface area contributed by atoms with E-state index in [0.29, 0.717) is 11.1 Å². The monoisotopic (exact) mass is 208 g/mol. The zero-order valence-electron chi connectivity index (χ0n) is 7.62. The van der Waals surface area contributed by atoms with Gasteiger partial charge in [-0.1, -0.05) is 30.7 Å². The van der Waals surface area contributed by atoms with Crippen LogP contribution in [-0.2, 0) is 0 Å². The van der Waals surface area contributed by atoms with Crippen LogP contribution >= 0.6 is 11.6 Å². The van der Waals surface area contributed by atoms with Gasteiger partial charge in [-0.05, 0) is 12.1 Å². The molecule has 1 N–H and O–H groups in total. The molecule has 1 aliphatic carbocycles. The zero-order valence-corrected chi connectivity index (χ0v) is 8.38. The van der Waals surface area contributed by atoms with E-state index in [2.05, 4.69) is 0 Å². The third kappa shape index (κ3) is 1.23. The molecule has 0 saturated carbocycles. The van der Waals surface area contributed by atoms with Gasteiger partial charge >= 0.3 is 0 Å². The van der Waals surface area contributed by atoms with Crippen molar-refractivity contribution in [3.8, 4) is 5.75 Å². The number of phenolic OH excluding ortho intramolecular Hbond substituents is 1. The lowest BCUT2D eigenvalue weighted by molar-refractivity contribution is 0.0951. The number of phenols is 1. The lowest BCUT2D eigenvalue weighted by Gasteiger charge is -2.15. The van der Waals surface area contributed by atoms with E-state index in [1.54, 1.807) is 18.2 Å². The molecule has 0 aromatic heterocycles. The molecule has 0 spiro atoms. The SMILES string of the molecule is CC1C=Cc2c(ccc(O)c2Cl)C1=O. The Morgan fingerprint density at radius 1 is 1.43 bits per heavy atom. The van der Waals surface area contributed by atoms with Gasteiger partial charge in [0.2, 0.25) is 0 Å². The van der Waals surface area contributed by atoms with Crippen LogP contribution < -0.4 is 0 Å². The van der Waals surface area contributed by atoms with Crippen molar-refractivity contribution in [3.05, 3.63) is 34.4 Å². The van der Waals surface area contributed by atoms with Crippen molar-refractivity contribution in [1.82, 2.24) is 0 Å². The number of rotatable bonds is 0. The molecule has 1 aliphatic rings. The van der Waals surface area contributed by atoms with Crippen LogP contribution in [0.15, 0.2) is 18.2 Å². The summed E-state index contributed by atoms with van der Waals surface area (Å²) in [6, 6.07) is 3.06. The number of hydrogen-bond donors (Lipinski definition) is 1. The molecule has 2 nitrogen and oxygen atoms in total. The highest BCUT2D eigenvalue weighted by atomic mass is 35.5. The first kappa shape index (κ1) is 9.28. The molecule has 1 atom stereocenters. The number of carbonyl (C=O) groups is 1. The van der Waals surface area contributed by atoms with Crippen molar-refractivity contribution >= 4 is 23.5 Å². The van der Waals surface area contributed by atoms with Gasteiger partial charge in [0, 0.05) is 17.0 Å². The molecular formula is C11H9ClO2. The van der Waals surface area contributed by atoms with Crippen molar-refractivity contribution in [3.63, 3.8) is 0 Å². The number of carbonyl (C=O) groups excluding carboxylic acids is 1. The third-order valence-electron chi connectivity index (χ3n) is 2.39. The molecule has 0 fully saturated rings. The van der Waals surface area contributed by atoms with Gasteiger partial charge in [-0.25, -0.2) is 0 Å².